The van der Waals surface area contributed by atoms with E-state index in [1.54, 1.807) is 23.5 Å². The number of carbonyl (C=O) groups excluding carboxylic acids is 2. The first kappa shape index (κ1) is 21.0. The van der Waals surface area contributed by atoms with Gasteiger partial charge in [-0.05, 0) is 56.7 Å². The van der Waals surface area contributed by atoms with Gasteiger partial charge in [0.15, 0.2) is 0 Å². The summed E-state index contributed by atoms with van der Waals surface area (Å²) < 4.78 is 13.0. The van der Waals surface area contributed by atoms with E-state index >= 15 is 0 Å². The average Bonchev–Trinajstić information content (AvgIpc) is 3.26. The van der Waals surface area contributed by atoms with Crippen LogP contribution in [0.2, 0.25) is 0 Å². The van der Waals surface area contributed by atoms with Crippen LogP contribution in [0.4, 0.5) is 4.39 Å². The van der Waals surface area contributed by atoms with Crippen LogP contribution in [0.1, 0.15) is 66.0 Å². The number of hydrogen-bond donors (Lipinski definition) is 0. The van der Waals surface area contributed by atoms with E-state index < -0.39 is 0 Å². The van der Waals surface area contributed by atoms with Crippen molar-refractivity contribution in [2.24, 2.45) is 0 Å². The zero-order valence-electron chi connectivity index (χ0n) is 17.3. The van der Waals surface area contributed by atoms with Gasteiger partial charge in [-0.25, -0.2) is 9.37 Å². The van der Waals surface area contributed by atoms with Gasteiger partial charge in [0, 0.05) is 37.0 Å². The second-order valence-electron chi connectivity index (χ2n) is 8.37. The van der Waals surface area contributed by atoms with E-state index in [-0.39, 0.29) is 23.7 Å². The van der Waals surface area contributed by atoms with Crippen molar-refractivity contribution in [1.29, 1.82) is 0 Å². The molecular formula is C23H28FN3O2S. The number of likely N-dealkylation sites (tertiary alicyclic amines) is 2. The molecule has 5 nitrogen and oxygen atoms in total. The van der Waals surface area contributed by atoms with Crippen molar-refractivity contribution >= 4 is 23.2 Å². The number of amides is 2. The molecular weight excluding hydrogens is 401 g/mol. The molecule has 4 rings (SSSR count). The third kappa shape index (κ3) is 4.72. The first-order valence-electron chi connectivity index (χ1n) is 10.8. The summed E-state index contributed by atoms with van der Waals surface area (Å²) in [7, 11) is 0. The Morgan fingerprint density at radius 3 is 2.53 bits per heavy atom. The summed E-state index contributed by atoms with van der Waals surface area (Å²) in [4.78, 5) is 33.9. The van der Waals surface area contributed by atoms with E-state index in [1.807, 2.05) is 15.2 Å². The van der Waals surface area contributed by atoms with Crippen molar-refractivity contribution in [1.82, 2.24) is 14.8 Å². The number of aromatic nitrogens is 1. The topological polar surface area (TPSA) is 53.5 Å². The van der Waals surface area contributed by atoms with Crippen LogP contribution < -0.4 is 0 Å². The Kier molecular flexibility index (Phi) is 6.46. The van der Waals surface area contributed by atoms with Crippen LogP contribution in [-0.4, -0.2) is 52.3 Å². The van der Waals surface area contributed by atoms with Crippen molar-refractivity contribution in [2.75, 3.05) is 19.6 Å². The first-order valence-corrected chi connectivity index (χ1v) is 11.7. The second kappa shape index (κ2) is 9.25. The number of benzene rings is 1. The predicted molar refractivity (Wildman–Crippen MR) is 115 cm³/mol. The molecule has 2 aliphatic heterocycles. The lowest BCUT2D eigenvalue weighted by Gasteiger charge is -2.33. The molecule has 1 unspecified atom stereocenters. The van der Waals surface area contributed by atoms with E-state index in [9.17, 15) is 14.0 Å². The number of rotatable bonds is 4. The largest absolute Gasteiger partial charge is 0.342 e. The van der Waals surface area contributed by atoms with E-state index in [0.29, 0.717) is 31.1 Å². The summed E-state index contributed by atoms with van der Waals surface area (Å²) in [6.45, 7) is 4.32. The molecule has 2 saturated heterocycles. The number of halogens is 1. The molecule has 160 valence electrons. The predicted octanol–water partition coefficient (Wildman–Crippen LogP) is 4.25. The molecule has 2 aliphatic rings. The van der Waals surface area contributed by atoms with E-state index in [1.165, 1.54) is 18.6 Å². The van der Waals surface area contributed by atoms with Gasteiger partial charge in [-0.2, -0.15) is 0 Å². The number of carbonyl (C=O) groups is 2. The van der Waals surface area contributed by atoms with Gasteiger partial charge in [0.1, 0.15) is 11.5 Å². The van der Waals surface area contributed by atoms with Crippen LogP contribution in [-0.2, 0) is 11.2 Å². The Morgan fingerprint density at radius 1 is 1.10 bits per heavy atom. The molecule has 0 spiro atoms. The van der Waals surface area contributed by atoms with Gasteiger partial charge in [0.25, 0.3) is 5.91 Å². The summed E-state index contributed by atoms with van der Waals surface area (Å²) in [5.74, 6) is 0.138. The fourth-order valence-corrected chi connectivity index (χ4v) is 5.35. The lowest BCUT2D eigenvalue weighted by molar-refractivity contribution is -0.131. The third-order valence-corrected chi connectivity index (χ3v) is 7.28. The van der Waals surface area contributed by atoms with Crippen molar-refractivity contribution in [3.05, 3.63) is 51.7 Å². The van der Waals surface area contributed by atoms with Gasteiger partial charge in [0.2, 0.25) is 5.91 Å². The maximum Gasteiger partial charge on any atom is 0.273 e. The molecule has 0 radical (unpaired) electrons. The van der Waals surface area contributed by atoms with Gasteiger partial charge in [-0.1, -0.05) is 12.1 Å². The quantitative estimate of drug-likeness (QED) is 0.730. The van der Waals surface area contributed by atoms with Gasteiger partial charge >= 0.3 is 0 Å². The van der Waals surface area contributed by atoms with Gasteiger partial charge < -0.3 is 9.80 Å². The van der Waals surface area contributed by atoms with Crippen LogP contribution in [0.15, 0.2) is 29.6 Å². The lowest BCUT2D eigenvalue weighted by Crippen LogP contribution is -2.42. The molecule has 0 saturated carbocycles. The van der Waals surface area contributed by atoms with Crippen LogP contribution in [0.3, 0.4) is 0 Å². The maximum atomic E-state index is 13.0. The van der Waals surface area contributed by atoms with E-state index in [0.717, 1.165) is 42.8 Å². The highest BCUT2D eigenvalue weighted by molar-refractivity contribution is 7.09. The molecule has 3 heterocycles. The highest BCUT2D eigenvalue weighted by Crippen LogP contribution is 2.31. The highest BCUT2D eigenvalue weighted by Gasteiger charge is 2.29. The number of piperidine rings is 2. The highest BCUT2D eigenvalue weighted by atomic mass is 32.1. The molecule has 2 amide bonds. The van der Waals surface area contributed by atoms with Crippen LogP contribution in [0.5, 0.6) is 0 Å². The zero-order valence-corrected chi connectivity index (χ0v) is 18.2. The Labute approximate surface area is 180 Å². The first-order chi connectivity index (χ1) is 14.5. The summed E-state index contributed by atoms with van der Waals surface area (Å²) in [5, 5.41) is 2.90. The van der Waals surface area contributed by atoms with E-state index in [2.05, 4.69) is 11.9 Å². The van der Waals surface area contributed by atoms with E-state index in [4.69, 9.17) is 0 Å². The molecule has 7 heteroatoms. The van der Waals surface area contributed by atoms with Crippen LogP contribution in [0, 0.1) is 5.82 Å². The molecule has 2 fully saturated rings. The van der Waals surface area contributed by atoms with Gasteiger partial charge in [-0.3, -0.25) is 9.59 Å². The smallest absolute Gasteiger partial charge is 0.273 e. The number of hydrogen-bond acceptors (Lipinski definition) is 4. The minimum Gasteiger partial charge on any atom is -0.342 e. The Balaban J connectivity index is 1.31. The molecule has 0 bridgehead atoms. The minimum absolute atomic E-state index is 0.0524. The Morgan fingerprint density at radius 2 is 1.83 bits per heavy atom. The normalized spacial score (nSPS) is 20.4. The second-order valence-corrected chi connectivity index (χ2v) is 9.26. The summed E-state index contributed by atoms with van der Waals surface area (Å²) >= 11 is 1.57. The van der Waals surface area contributed by atoms with Crippen molar-refractivity contribution in [3.8, 4) is 0 Å². The fraction of sp³-hybridized carbons (Fsp3) is 0.522. The lowest BCUT2D eigenvalue weighted by atomic mass is 9.97. The summed E-state index contributed by atoms with van der Waals surface area (Å²) in [5.41, 5.74) is 1.40. The molecule has 1 aromatic carbocycles. The average molecular weight is 430 g/mol. The molecule has 30 heavy (non-hydrogen) atoms. The fourth-order valence-electron chi connectivity index (χ4n) is 4.38. The van der Waals surface area contributed by atoms with Crippen molar-refractivity contribution in [3.63, 3.8) is 0 Å². The minimum atomic E-state index is -0.289. The number of thiazole rings is 1. The third-order valence-electron chi connectivity index (χ3n) is 6.27. The molecule has 1 aromatic heterocycles. The Bertz CT molecular complexity index is 890. The SMILES string of the molecule is CC1CCCCN1C(=O)c1csc(C2CCN(C(=O)Cc3ccc(F)cc3)CC2)n1. The summed E-state index contributed by atoms with van der Waals surface area (Å²) in [6.07, 6.45) is 5.33. The standard InChI is InChI=1S/C23H28FN3O2S/c1-16-4-2-3-11-27(16)23(29)20-15-30-22(25-20)18-9-12-26(13-10-18)21(28)14-17-5-7-19(24)8-6-17/h5-8,15-16,18H,2-4,9-14H2,1H3. The van der Waals surface area contributed by atoms with Gasteiger partial charge in [0.05, 0.1) is 11.4 Å². The molecule has 2 aromatic rings. The number of nitrogens with zero attached hydrogens (tertiary/aromatic N) is 3. The molecule has 0 N–H and O–H groups in total. The Hall–Kier alpha value is -2.28. The maximum absolute atomic E-state index is 13.0. The summed E-state index contributed by atoms with van der Waals surface area (Å²) in [6, 6.07) is 6.39. The molecule has 1 atom stereocenters. The van der Waals surface area contributed by atoms with Crippen LogP contribution in [0.25, 0.3) is 0 Å². The van der Waals surface area contributed by atoms with Gasteiger partial charge in [-0.15, -0.1) is 11.3 Å². The molecule has 0 aliphatic carbocycles. The van der Waals surface area contributed by atoms with Crippen molar-refractivity contribution < 1.29 is 14.0 Å². The monoisotopic (exact) mass is 429 g/mol. The zero-order chi connectivity index (χ0) is 21.1. The van der Waals surface area contributed by atoms with Crippen LogP contribution >= 0.6 is 11.3 Å². The van der Waals surface area contributed by atoms with Crippen molar-refractivity contribution in [2.45, 2.75) is 57.4 Å².